The monoisotopic (exact) mass is 546 g/mol. The molecule has 0 fully saturated rings. The number of nitrogens with two attached hydrogens (primary N) is 1. The molecule has 0 aromatic rings. The first-order valence-electron chi connectivity index (χ1n) is 13.8. The number of carbonyl (C=O) groups excluding carboxylic acids is 4. The Labute approximate surface area is 227 Å². The zero-order valence-corrected chi connectivity index (χ0v) is 24.0. The summed E-state index contributed by atoms with van der Waals surface area (Å²) >= 11 is 1.37. The summed E-state index contributed by atoms with van der Waals surface area (Å²) < 4.78 is 14.6. The van der Waals surface area contributed by atoms with Gasteiger partial charge >= 0.3 is 17.9 Å². The molecule has 0 aromatic heterocycles. The van der Waals surface area contributed by atoms with Crippen molar-refractivity contribution in [1.29, 1.82) is 0 Å². The minimum Gasteiger partial charge on any atom is -0.467 e. The lowest BCUT2D eigenvalue weighted by atomic mass is 10.0. The molecule has 0 saturated heterocycles. The van der Waals surface area contributed by atoms with Crippen LogP contribution in [0.5, 0.6) is 0 Å². The predicted octanol–water partition coefficient (Wildman–Crippen LogP) is 4.29. The van der Waals surface area contributed by atoms with Gasteiger partial charge in [-0.1, -0.05) is 84.0 Å². The van der Waals surface area contributed by atoms with Gasteiger partial charge in [-0.3, -0.25) is 14.4 Å². The van der Waals surface area contributed by atoms with E-state index in [9.17, 15) is 19.2 Å². The van der Waals surface area contributed by atoms with Crippen molar-refractivity contribution >= 4 is 35.6 Å². The van der Waals surface area contributed by atoms with Crippen molar-refractivity contribution in [3.8, 4) is 0 Å². The van der Waals surface area contributed by atoms with E-state index >= 15 is 0 Å². The Morgan fingerprint density at radius 2 is 1.38 bits per heavy atom. The number of carbonyl (C=O) groups is 4. The summed E-state index contributed by atoms with van der Waals surface area (Å²) in [6.07, 6.45) is 16.8. The fraction of sp³-hybridized carbons (Fsp3) is 0.852. The molecule has 0 radical (unpaired) electrons. The summed E-state index contributed by atoms with van der Waals surface area (Å²) in [4.78, 5) is 46.8. The molecule has 0 bridgehead atoms. The summed E-state index contributed by atoms with van der Waals surface area (Å²) in [6.45, 7) is 3.37. The van der Waals surface area contributed by atoms with E-state index in [1.165, 1.54) is 90.0 Å². The number of rotatable bonds is 24. The maximum Gasteiger partial charge on any atom is 0.331 e. The van der Waals surface area contributed by atoms with Crippen LogP contribution in [0.25, 0.3) is 0 Å². The molecule has 0 aromatic carbocycles. The molecule has 0 aliphatic heterocycles. The molecule has 10 heteroatoms. The van der Waals surface area contributed by atoms with Crippen molar-refractivity contribution in [3.63, 3.8) is 0 Å². The molecular formula is C27H50N2O7S. The van der Waals surface area contributed by atoms with Crippen molar-refractivity contribution in [2.24, 2.45) is 5.73 Å². The van der Waals surface area contributed by atoms with Crippen molar-refractivity contribution in [1.82, 2.24) is 5.32 Å². The van der Waals surface area contributed by atoms with E-state index in [0.717, 1.165) is 19.3 Å². The Morgan fingerprint density at radius 1 is 0.838 bits per heavy atom. The number of amides is 1. The highest BCUT2D eigenvalue weighted by molar-refractivity contribution is 7.99. The molecule has 0 spiro atoms. The van der Waals surface area contributed by atoms with Gasteiger partial charge in [0.05, 0.1) is 13.2 Å². The zero-order valence-electron chi connectivity index (χ0n) is 23.2. The third kappa shape index (κ3) is 21.9. The van der Waals surface area contributed by atoms with Gasteiger partial charge in [-0.05, 0) is 6.42 Å². The molecule has 0 rings (SSSR count). The first-order valence-corrected chi connectivity index (χ1v) is 15.0. The number of thioether (sulfide) groups is 1. The summed E-state index contributed by atoms with van der Waals surface area (Å²) in [5.41, 5.74) is 5.87. The number of hydrogen-bond donors (Lipinski definition) is 2. The van der Waals surface area contributed by atoms with Gasteiger partial charge in [-0.2, -0.15) is 11.8 Å². The summed E-state index contributed by atoms with van der Waals surface area (Å²) in [5, 5.41) is 2.43. The molecule has 1 amide bonds. The van der Waals surface area contributed by atoms with Crippen LogP contribution in [0.2, 0.25) is 0 Å². The van der Waals surface area contributed by atoms with Crippen molar-refractivity contribution in [2.75, 3.05) is 31.8 Å². The largest absolute Gasteiger partial charge is 0.467 e. The number of ether oxygens (including phenoxy) is 3. The van der Waals surface area contributed by atoms with E-state index in [0.29, 0.717) is 12.2 Å². The highest BCUT2D eigenvalue weighted by Crippen LogP contribution is 2.13. The van der Waals surface area contributed by atoms with E-state index in [1.54, 1.807) is 0 Å². The third-order valence-corrected chi connectivity index (χ3v) is 6.91. The van der Waals surface area contributed by atoms with Gasteiger partial charge in [-0.15, -0.1) is 0 Å². The van der Waals surface area contributed by atoms with Gasteiger partial charge in [0.2, 0.25) is 5.91 Å². The lowest BCUT2D eigenvalue weighted by Gasteiger charge is -2.18. The van der Waals surface area contributed by atoms with Crippen LogP contribution in [0.15, 0.2) is 0 Å². The number of esters is 3. The van der Waals surface area contributed by atoms with Crippen molar-refractivity contribution in [3.05, 3.63) is 0 Å². The van der Waals surface area contributed by atoms with Gasteiger partial charge in [0.25, 0.3) is 0 Å². The van der Waals surface area contributed by atoms with Crippen molar-refractivity contribution in [2.45, 2.75) is 116 Å². The van der Waals surface area contributed by atoms with Crippen LogP contribution >= 0.6 is 11.8 Å². The van der Waals surface area contributed by atoms with Crippen LogP contribution in [-0.2, 0) is 33.4 Å². The normalized spacial score (nSPS) is 12.4. The van der Waals surface area contributed by atoms with Gasteiger partial charge in [-0.25, -0.2) is 4.79 Å². The van der Waals surface area contributed by atoms with Gasteiger partial charge in [0.15, 0.2) is 6.04 Å². The van der Waals surface area contributed by atoms with E-state index in [4.69, 9.17) is 15.2 Å². The van der Waals surface area contributed by atoms with Gasteiger partial charge < -0.3 is 25.3 Å². The van der Waals surface area contributed by atoms with E-state index in [1.807, 2.05) is 0 Å². The van der Waals surface area contributed by atoms with E-state index in [2.05, 4.69) is 17.0 Å². The minimum atomic E-state index is -1.12. The SMILES string of the molecule is CCCCCCCCCCCCCCCC(=O)OCCSC[C@H](N)C(=O)N[C@@H](COC(C)=O)C(=O)OC. The Balaban J connectivity index is 3.71. The molecule has 0 heterocycles. The molecule has 216 valence electrons. The molecule has 9 nitrogen and oxygen atoms in total. The Hall–Kier alpha value is -1.81. The lowest BCUT2D eigenvalue weighted by molar-refractivity contribution is -0.151. The highest BCUT2D eigenvalue weighted by atomic mass is 32.2. The van der Waals surface area contributed by atoms with Crippen LogP contribution in [-0.4, -0.2) is 67.7 Å². The molecule has 37 heavy (non-hydrogen) atoms. The average molecular weight is 547 g/mol. The number of unbranched alkanes of at least 4 members (excludes halogenated alkanes) is 12. The molecule has 2 atom stereocenters. The standard InChI is InChI=1S/C27H50N2O7S/c1-4-5-6-7-8-9-10-11-12-13-14-15-16-17-25(31)35-18-19-37-21-23(28)26(32)29-24(27(33)34-3)20-36-22(2)30/h23-24H,4-21,28H2,1-3H3,(H,29,32)/t23-,24-/m0/s1. The second-order valence-corrected chi connectivity index (χ2v) is 10.4. The average Bonchev–Trinajstić information content (AvgIpc) is 2.88. The maximum atomic E-state index is 12.2. The van der Waals surface area contributed by atoms with E-state index in [-0.39, 0.29) is 24.9 Å². The molecular weight excluding hydrogens is 496 g/mol. The minimum absolute atomic E-state index is 0.197. The molecule has 0 saturated carbocycles. The van der Waals surface area contributed by atoms with E-state index < -0.39 is 29.9 Å². The topological polar surface area (TPSA) is 134 Å². The van der Waals surface area contributed by atoms with Crippen LogP contribution in [0.4, 0.5) is 0 Å². The molecule has 0 aliphatic rings. The first kappa shape index (κ1) is 35.2. The van der Waals surface area contributed by atoms with Crippen LogP contribution in [0.3, 0.4) is 0 Å². The van der Waals surface area contributed by atoms with Crippen LogP contribution in [0.1, 0.15) is 104 Å². The fourth-order valence-corrected chi connectivity index (χ4v) is 4.42. The fourth-order valence-electron chi connectivity index (χ4n) is 3.65. The quantitative estimate of drug-likeness (QED) is 0.103. The summed E-state index contributed by atoms with van der Waals surface area (Å²) in [6, 6.07) is -2.00. The Morgan fingerprint density at radius 3 is 1.89 bits per heavy atom. The predicted molar refractivity (Wildman–Crippen MR) is 147 cm³/mol. The van der Waals surface area contributed by atoms with Crippen LogP contribution in [0, 0.1) is 0 Å². The smallest absolute Gasteiger partial charge is 0.331 e. The van der Waals surface area contributed by atoms with Gasteiger partial charge in [0, 0.05) is 24.9 Å². The van der Waals surface area contributed by atoms with Crippen molar-refractivity contribution < 1.29 is 33.4 Å². The van der Waals surface area contributed by atoms with Crippen LogP contribution < -0.4 is 11.1 Å². The lowest BCUT2D eigenvalue weighted by Crippen LogP contribution is -2.51. The highest BCUT2D eigenvalue weighted by Gasteiger charge is 2.25. The number of hydrogen-bond acceptors (Lipinski definition) is 9. The Kier molecular flexibility index (Phi) is 23.3. The molecule has 0 unspecified atom stereocenters. The molecule has 3 N–H and O–H groups in total. The second-order valence-electron chi connectivity index (χ2n) is 9.28. The van der Waals surface area contributed by atoms with Gasteiger partial charge in [0.1, 0.15) is 13.2 Å². The third-order valence-electron chi connectivity index (χ3n) is 5.86. The maximum absolute atomic E-state index is 12.2. The summed E-state index contributed by atoms with van der Waals surface area (Å²) in [5.74, 6) is -1.27. The first-order chi connectivity index (χ1) is 17.8. The summed E-state index contributed by atoms with van der Waals surface area (Å²) in [7, 11) is 1.17. The number of methoxy groups -OCH3 is 1. The Bertz CT molecular complexity index is 634. The molecule has 0 aliphatic carbocycles. The second kappa shape index (κ2) is 24.5. The number of nitrogens with one attached hydrogen (secondary N) is 1. The zero-order chi connectivity index (χ0) is 27.7.